The third kappa shape index (κ3) is 3.82. The van der Waals surface area contributed by atoms with Gasteiger partial charge < -0.3 is 9.52 Å². The molecule has 1 aromatic carbocycles. The molecule has 17 heavy (non-hydrogen) atoms. The van der Waals surface area contributed by atoms with E-state index >= 15 is 0 Å². The lowest BCUT2D eigenvalue weighted by atomic mass is 10.2. The Morgan fingerprint density at radius 2 is 1.82 bits per heavy atom. The smallest absolute Gasteiger partial charge is 0.192 e. The third-order valence-corrected chi connectivity index (χ3v) is 2.48. The van der Waals surface area contributed by atoms with E-state index in [4.69, 9.17) is 9.52 Å². The lowest BCUT2D eigenvalue weighted by Gasteiger charge is -1.96. The number of hydrogen-bond acceptors (Lipinski definition) is 3. The van der Waals surface area contributed by atoms with E-state index in [0.717, 1.165) is 15.6 Å². The minimum absolute atomic E-state index is 0.0181. The molecule has 1 heterocycles. The zero-order chi connectivity index (χ0) is 13.4. The van der Waals surface area contributed by atoms with E-state index in [1.54, 1.807) is 6.92 Å². The normalized spacial score (nSPS) is 9.12. The molecular formula is C13H20BrNO2. The summed E-state index contributed by atoms with van der Waals surface area (Å²) < 4.78 is 6.23. The van der Waals surface area contributed by atoms with Crippen LogP contribution in [0.3, 0.4) is 0 Å². The fourth-order valence-electron chi connectivity index (χ4n) is 1.26. The number of aliphatic hydroxyl groups excluding tert-OH is 1. The number of aryl methyl sites for hydroxylation is 1. The molecule has 2 rings (SSSR count). The van der Waals surface area contributed by atoms with Crippen LogP contribution in [0, 0.1) is 6.92 Å². The minimum atomic E-state index is -0.0181. The Morgan fingerprint density at radius 3 is 2.35 bits per heavy atom. The first-order valence-electron chi connectivity index (χ1n) is 5.87. The van der Waals surface area contributed by atoms with Gasteiger partial charge in [-0.3, -0.25) is 0 Å². The van der Waals surface area contributed by atoms with Gasteiger partial charge in [0.05, 0.1) is 11.1 Å². The first-order chi connectivity index (χ1) is 8.22. The summed E-state index contributed by atoms with van der Waals surface area (Å²) in [7, 11) is 0. The van der Waals surface area contributed by atoms with Crippen molar-refractivity contribution in [2.24, 2.45) is 0 Å². The van der Waals surface area contributed by atoms with Crippen LogP contribution in [0.1, 0.15) is 39.1 Å². The Hall–Kier alpha value is -0.870. The molecule has 0 amide bonds. The molecule has 0 saturated heterocycles. The molecule has 0 radical (unpaired) electrons. The fraction of sp³-hybridized carbons (Fsp3) is 0.462. The van der Waals surface area contributed by atoms with E-state index in [1.165, 1.54) is 0 Å². The predicted molar refractivity (Wildman–Crippen MR) is 75.1 cm³/mol. The van der Waals surface area contributed by atoms with Gasteiger partial charge in [-0.1, -0.05) is 33.8 Å². The number of benzene rings is 1. The largest absolute Gasteiger partial charge is 0.440 e. The Kier molecular flexibility index (Phi) is 7.83. The van der Waals surface area contributed by atoms with Gasteiger partial charge in [-0.2, -0.15) is 0 Å². The topological polar surface area (TPSA) is 46.3 Å². The second-order valence-corrected chi connectivity index (χ2v) is 3.63. The zero-order valence-corrected chi connectivity index (χ0v) is 12.6. The van der Waals surface area contributed by atoms with Crippen molar-refractivity contribution < 1.29 is 9.52 Å². The maximum atomic E-state index is 9.04. The van der Waals surface area contributed by atoms with Crippen LogP contribution in [0.15, 0.2) is 21.0 Å². The minimum Gasteiger partial charge on any atom is -0.440 e. The average Bonchev–Trinajstić information content (AvgIpc) is 2.77. The van der Waals surface area contributed by atoms with Crippen LogP contribution in [0.2, 0.25) is 0 Å². The highest BCUT2D eigenvalue weighted by Crippen LogP contribution is 2.27. The van der Waals surface area contributed by atoms with Gasteiger partial charge in [0.15, 0.2) is 11.5 Å². The number of aliphatic hydroxyl groups is 1. The van der Waals surface area contributed by atoms with Crippen molar-refractivity contribution in [2.75, 3.05) is 0 Å². The molecule has 0 unspecified atom stereocenters. The second-order valence-electron chi connectivity index (χ2n) is 2.78. The van der Waals surface area contributed by atoms with Crippen LogP contribution in [-0.2, 0) is 6.61 Å². The maximum Gasteiger partial charge on any atom is 0.192 e. The Morgan fingerprint density at radius 1 is 1.24 bits per heavy atom. The highest BCUT2D eigenvalue weighted by atomic mass is 79.9. The monoisotopic (exact) mass is 301 g/mol. The molecule has 2 aromatic rings. The van der Waals surface area contributed by atoms with Gasteiger partial charge in [0, 0.05) is 12.5 Å². The van der Waals surface area contributed by atoms with Crippen LogP contribution >= 0.6 is 15.9 Å². The van der Waals surface area contributed by atoms with Crippen molar-refractivity contribution in [1.29, 1.82) is 0 Å². The first-order valence-corrected chi connectivity index (χ1v) is 6.67. The summed E-state index contributed by atoms with van der Waals surface area (Å²) in [5, 5.41) is 9.04. The van der Waals surface area contributed by atoms with E-state index in [1.807, 2.05) is 39.8 Å². The van der Waals surface area contributed by atoms with Crippen LogP contribution in [-0.4, -0.2) is 10.1 Å². The van der Waals surface area contributed by atoms with E-state index in [2.05, 4.69) is 20.9 Å². The summed E-state index contributed by atoms with van der Waals surface area (Å²) in [5.74, 6) is 0.608. The van der Waals surface area contributed by atoms with E-state index in [0.29, 0.717) is 11.5 Å². The predicted octanol–water partition coefficient (Wildman–Crippen LogP) is 4.44. The first kappa shape index (κ1) is 16.1. The average molecular weight is 302 g/mol. The maximum absolute atomic E-state index is 9.04. The summed E-state index contributed by atoms with van der Waals surface area (Å²) in [6.45, 7) is 9.77. The van der Waals surface area contributed by atoms with Crippen LogP contribution in [0.25, 0.3) is 11.1 Å². The van der Waals surface area contributed by atoms with Crippen molar-refractivity contribution in [2.45, 2.75) is 41.2 Å². The molecule has 0 aliphatic carbocycles. The van der Waals surface area contributed by atoms with Crippen LogP contribution < -0.4 is 0 Å². The van der Waals surface area contributed by atoms with Crippen molar-refractivity contribution >= 4 is 27.0 Å². The number of rotatable bonds is 1. The number of halogens is 1. The molecular weight excluding hydrogens is 282 g/mol. The molecule has 0 atom stereocenters. The summed E-state index contributed by atoms with van der Waals surface area (Å²) in [6, 6.07) is 3.67. The SMILES string of the molecule is CC.CC.Cc1nc2c(CO)ccc(Br)c2o1. The van der Waals surface area contributed by atoms with Crippen molar-refractivity contribution in [3.8, 4) is 0 Å². The third-order valence-electron chi connectivity index (χ3n) is 1.86. The summed E-state index contributed by atoms with van der Waals surface area (Å²) in [5.41, 5.74) is 2.22. The molecule has 0 bridgehead atoms. The summed E-state index contributed by atoms with van der Waals surface area (Å²) >= 11 is 3.36. The van der Waals surface area contributed by atoms with Crippen molar-refractivity contribution in [3.05, 3.63) is 28.1 Å². The number of hydrogen-bond donors (Lipinski definition) is 1. The Balaban J connectivity index is 0.000000581. The molecule has 0 fully saturated rings. The second kappa shape index (κ2) is 8.25. The van der Waals surface area contributed by atoms with Gasteiger partial charge >= 0.3 is 0 Å². The van der Waals surface area contributed by atoms with E-state index in [-0.39, 0.29) is 6.61 Å². The van der Waals surface area contributed by atoms with Gasteiger partial charge in [-0.25, -0.2) is 4.98 Å². The van der Waals surface area contributed by atoms with Crippen molar-refractivity contribution in [3.63, 3.8) is 0 Å². The van der Waals surface area contributed by atoms with Gasteiger partial charge in [-0.15, -0.1) is 0 Å². The number of oxazole rings is 1. The number of nitrogens with zero attached hydrogens (tertiary/aromatic N) is 1. The Labute approximate surface area is 111 Å². The molecule has 0 aliphatic heterocycles. The van der Waals surface area contributed by atoms with Gasteiger partial charge in [0.25, 0.3) is 0 Å². The zero-order valence-electron chi connectivity index (χ0n) is 11.0. The quantitative estimate of drug-likeness (QED) is 0.847. The summed E-state index contributed by atoms with van der Waals surface area (Å²) in [4.78, 5) is 4.19. The van der Waals surface area contributed by atoms with Gasteiger partial charge in [0.2, 0.25) is 0 Å². The van der Waals surface area contributed by atoms with Gasteiger partial charge in [-0.05, 0) is 22.0 Å². The van der Waals surface area contributed by atoms with Crippen LogP contribution in [0.5, 0.6) is 0 Å². The number of fused-ring (bicyclic) bond motifs is 1. The standard InChI is InChI=1S/C9H8BrNO2.2C2H6/c1-5-11-8-6(4-12)2-3-7(10)9(8)13-5;2*1-2/h2-3,12H,4H2,1H3;2*1-2H3. The van der Waals surface area contributed by atoms with Crippen molar-refractivity contribution in [1.82, 2.24) is 4.98 Å². The highest BCUT2D eigenvalue weighted by molar-refractivity contribution is 9.10. The van der Waals surface area contributed by atoms with Gasteiger partial charge in [0.1, 0.15) is 5.52 Å². The summed E-state index contributed by atoms with van der Waals surface area (Å²) in [6.07, 6.45) is 0. The molecule has 1 N–H and O–H groups in total. The molecule has 0 saturated carbocycles. The molecule has 96 valence electrons. The number of aromatic nitrogens is 1. The van der Waals surface area contributed by atoms with E-state index in [9.17, 15) is 0 Å². The lowest BCUT2D eigenvalue weighted by Crippen LogP contribution is -1.85. The van der Waals surface area contributed by atoms with E-state index < -0.39 is 0 Å². The molecule has 3 nitrogen and oxygen atoms in total. The Bertz CT molecular complexity index is 452. The lowest BCUT2D eigenvalue weighted by molar-refractivity contribution is 0.283. The molecule has 4 heteroatoms. The molecule has 0 aliphatic rings. The molecule has 1 aromatic heterocycles. The highest BCUT2D eigenvalue weighted by Gasteiger charge is 2.09. The van der Waals surface area contributed by atoms with Crippen LogP contribution in [0.4, 0.5) is 0 Å². The molecule has 0 spiro atoms. The fourth-order valence-corrected chi connectivity index (χ4v) is 1.66.